The zero-order valence-electron chi connectivity index (χ0n) is 13.1. The second-order valence-corrected chi connectivity index (χ2v) is 5.89. The summed E-state index contributed by atoms with van der Waals surface area (Å²) in [5, 5.41) is 13.9. The summed E-state index contributed by atoms with van der Waals surface area (Å²) in [4.78, 5) is 6.52. The number of anilines is 1. The number of rotatable bonds is 7. The summed E-state index contributed by atoms with van der Waals surface area (Å²) in [5.74, 6) is 0.897. The molecule has 1 aliphatic heterocycles. The van der Waals surface area contributed by atoms with Crippen molar-refractivity contribution in [1.29, 1.82) is 0 Å². The molecule has 0 atom stereocenters. The molecular weight excluding hydrogens is 266 g/mol. The smallest absolute Gasteiger partial charge is 0.128 e. The number of nitrogens with zero attached hydrogens (tertiary/aromatic N) is 2. The van der Waals surface area contributed by atoms with Gasteiger partial charge < -0.3 is 20.1 Å². The third kappa shape index (κ3) is 4.95. The minimum absolute atomic E-state index is 0.594. The first-order valence-electron chi connectivity index (χ1n) is 7.80. The van der Waals surface area contributed by atoms with E-state index in [1.54, 1.807) is 0 Å². The summed E-state index contributed by atoms with van der Waals surface area (Å²) < 4.78 is 5.31. The molecule has 5 heteroatoms. The maximum atomic E-state index is 10.5. The number of ether oxygens (including phenoxy) is 1. The Morgan fingerprint density at radius 3 is 2.76 bits per heavy atom. The van der Waals surface area contributed by atoms with Gasteiger partial charge in [-0.15, -0.1) is 0 Å². The standard InChI is InChI=1S/C16H27N3O2/c1-3-8-17-11-14-4-5-15(18-12-14)19(2)13-16(20)6-9-21-10-7-16/h4-5,12,17,20H,3,6-11,13H2,1-2H3. The van der Waals surface area contributed by atoms with Crippen molar-refractivity contribution in [3.63, 3.8) is 0 Å². The van der Waals surface area contributed by atoms with Crippen LogP contribution in [0.15, 0.2) is 18.3 Å². The lowest BCUT2D eigenvalue weighted by Gasteiger charge is -2.35. The van der Waals surface area contributed by atoms with Gasteiger partial charge in [0.05, 0.1) is 5.60 Å². The predicted molar refractivity (Wildman–Crippen MR) is 84.5 cm³/mol. The molecule has 0 aromatic carbocycles. The van der Waals surface area contributed by atoms with Gasteiger partial charge in [0.25, 0.3) is 0 Å². The van der Waals surface area contributed by atoms with E-state index in [0.717, 1.165) is 25.3 Å². The van der Waals surface area contributed by atoms with Crippen LogP contribution in [0.4, 0.5) is 5.82 Å². The van der Waals surface area contributed by atoms with E-state index in [1.165, 1.54) is 5.56 Å². The van der Waals surface area contributed by atoms with Crippen molar-refractivity contribution in [3.8, 4) is 0 Å². The normalized spacial score (nSPS) is 17.7. The third-order valence-electron chi connectivity index (χ3n) is 3.91. The van der Waals surface area contributed by atoms with Crippen molar-refractivity contribution >= 4 is 5.82 Å². The minimum Gasteiger partial charge on any atom is -0.388 e. The van der Waals surface area contributed by atoms with E-state index >= 15 is 0 Å². The van der Waals surface area contributed by atoms with Crippen LogP contribution in [-0.2, 0) is 11.3 Å². The molecule has 1 fully saturated rings. The van der Waals surface area contributed by atoms with Crippen LogP contribution in [0.5, 0.6) is 0 Å². The molecule has 0 unspecified atom stereocenters. The summed E-state index contributed by atoms with van der Waals surface area (Å²) in [7, 11) is 1.98. The van der Waals surface area contributed by atoms with Gasteiger partial charge >= 0.3 is 0 Å². The Morgan fingerprint density at radius 2 is 2.14 bits per heavy atom. The summed E-state index contributed by atoms with van der Waals surface area (Å²) in [6.45, 7) is 5.91. The van der Waals surface area contributed by atoms with Crippen molar-refractivity contribution in [2.75, 3.05) is 38.3 Å². The molecule has 1 aromatic rings. The molecule has 0 amide bonds. The molecule has 0 spiro atoms. The van der Waals surface area contributed by atoms with Crippen molar-refractivity contribution in [1.82, 2.24) is 10.3 Å². The average Bonchev–Trinajstić information content (AvgIpc) is 2.48. The van der Waals surface area contributed by atoms with Gasteiger partial charge in [-0.3, -0.25) is 0 Å². The first-order valence-corrected chi connectivity index (χ1v) is 7.80. The van der Waals surface area contributed by atoms with Gasteiger partial charge in [-0.25, -0.2) is 4.98 Å². The fraction of sp³-hybridized carbons (Fsp3) is 0.688. The maximum absolute atomic E-state index is 10.5. The van der Waals surface area contributed by atoms with Crippen LogP contribution in [0.2, 0.25) is 0 Å². The lowest BCUT2D eigenvalue weighted by Crippen LogP contribution is -2.46. The fourth-order valence-corrected chi connectivity index (χ4v) is 2.59. The van der Waals surface area contributed by atoms with E-state index in [1.807, 2.05) is 24.2 Å². The van der Waals surface area contributed by atoms with Crippen LogP contribution in [-0.4, -0.2) is 49.0 Å². The Hall–Kier alpha value is -1.17. The molecule has 118 valence electrons. The molecule has 0 saturated carbocycles. The number of nitrogens with one attached hydrogen (secondary N) is 1. The van der Waals surface area contributed by atoms with Crippen LogP contribution in [0.25, 0.3) is 0 Å². The SMILES string of the molecule is CCCNCc1ccc(N(C)CC2(O)CCOCC2)nc1. The number of hydrogen-bond donors (Lipinski definition) is 2. The van der Waals surface area contributed by atoms with Crippen molar-refractivity contribution < 1.29 is 9.84 Å². The van der Waals surface area contributed by atoms with Crippen LogP contribution >= 0.6 is 0 Å². The van der Waals surface area contributed by atoms with Gasteiger partial charge in [0.1, 0.15) is 5.82 Å². The highest BCUT2D eigenvalue weighted by atomic mass is 16.5. The van der Waals surface area contributed by atoms with Crippen molar-refractivity contribution in [2.45, 2.75) is 38.3 Å². The number of hydrogen-bond acceptors (Lipinski definition) is 5. The highest BCUT2D eigenvalue weighted by molar-refractivity contribution is 5.38. The van der Waals surface area contributed by atoms with Crippen molar-refractivity contribution in [2.24, 2.45) is 0 Å². The van der Waals surface area contributed by atoms with E-state index < -0.39 is 5.60 Å². The largest absolute Gasteiger partial charge is 0.388 e. The molecule has 2 N–H and O–H groups in total. The summed E-state index contributed by atoms with van der Waals surface area (Å²) in [6.07, 6.45) is 4.42. The van der Waals surface area contributed by atoms with Crippen LogP contribution in [0, 0.1) is 0 Å². The van der Waals surface area contributed by atoms with E-state index in [4.69, 9.17) is 4.74 Å². The lowest BCUT2D eigenvalue weighted by molar-refractivity contribution is -0.0573. The first-order chi connectivity index (χ1) is 10.1. The van der Waals surface area contributed by atoms with Gasteiger partial charge in [0.2, 0.25) is 0 Å². The zero-order chi connectivity index (χ0) is 15.1. The predicted octanol–water partition coefficient (Wildman–Crippen LogP) is 1.56. The lowest BCUT2D eigenvalue weighted by atomic mass is 9.94. The summed E-state index contributed by atoms with van der Waals surface area (Å²) in [5.41, 5.74) is 0.529. The van der Waals surface area contributed by atoms with Gasteiger partial charge in [-0.2, -0.15) is 0 Å². The zero-order valence-corrected chi connectivity index (χ0v) is 13.1. The summed E-state index contributed by atoms with van der Waals surface area (Å²) >= 11 is 0. The summed E-state index contributed by atoms with van der Waals surface area (Å²) in [6, 6.07) is 4.11. The third-order valence-corrected chi connectivity index (χ3v) is 3.91. The minimum atomic E-state index is -0.657. The van der Waals surface area contributed by atoms with Crippen molar-refractivity contribution in [3.05, 3.63) is 23.9 Å². The van der Waals surface area contributed by atoms with Gasteiger partial charge in [0, 0.05) is 52.4 Å². The Labute approximate surface area is 127 Å². The van der Waals surface area contributed by atoms with Crippen LogP contribution < -0.4 is 10.2 Å². The number of likely N-dealkylation sites (N-methyl/N-ethyl adjacent to an activating group) is 1. The molecule has 0 aliphatic carbocycles. The van der Waals surface area contributed by atoms with E-state index in [-0.39, 0.29) is 0 Å². The molecule has 1 aromatic heterocycles. The molecule has 2 rings (SSSR count). The molecule has 5 nitrogen and oxygen atoms in total. The van der Waals surface area contributed by atoms with Gasteiger partial charge in [0.15, 0.2) is 0 Å². The van der Waals surface area contributed by atoms with Crippen LogP contribution in [0.3, 0.4) is 0 Å². The number of aliphatic hydroxyl groups is 1. The first kappa shape index (κ1) is 16.2. The van der Waals surface area contributed by atoms with Crippen LogP contribution in [0.1, 0.15) is 31.7 Å². The Morgan fingerprint density at radius 1 is 1.38 bits per heavy atom. The molecule has 1 saturated heterocycles. The quantitative estimate of drug-likeness (QED) is 0.747. The number of aromatic nitrogens is 1. The second kappa shape index (κ2) is 7.73. The fourth-order valence-electron chi connectivity index (χ4n) is 2.59. The number of pyridine rings is 1. The monoisotopic (exact) mass is 293 g/mol. The van der Waals surface area contributed by atoms with Gasteiger partial charge in [-0.05, 0) is 24.6 Å². The second-order valence-electron chi connectivity index (χ2n) is 5.89. The van der Waals surface area contributed by atoms with Gasteiger partial charge in [-0.1, -0.05) is 13.0 Å². The Kier molecular flexibility index (Phi) is 5.96. The Bertz CT molecular complexity index is 416. The van der Waals surface area contributed by atoms with E-state index in [9.17, 15) is 5.11 Å². The molecule has 2 heterocycles. The molecule has 1 aliphatic rings. The molecule has 0 radical (unpaired) electrons. The van der Waals surface area contributed by atoms with E-state index in [0.29, 0.717) is 32.6 Å². The maximum Gasteiger partial charge on any atom is 0.128 e. The topological polar surface area (TPSA) is 57.6 Å². The molecule has 0 bridgehead atoms. The molecule has 21 heavy (non-hydrogen) atoms. The van der Waals surface area contributed by atoms with E-state index in [2.05, 4.69) is 23.3 Å². The highest BCUT2D eigenvalue weighted by Gasteiger charge is 2.31. The average molecular weight is 293 g/mol. The molecular formula is C16H27N3O2. The Balaban J connectivity index is 1.88. The highest BCUT2D eigenvalue weighted by Crippen LogP contribution is 2.23.